The molecule has 1 aliphatic heterocycles. The number of rotatable bonds is 0. The topological polar surface area (TPSA) is 35.5 Å². The van der Waals surface area contributed by atoms with Gasteiger partial charge in [-0.3, -0.25) is 0 Å². The number of ether oxygens (including phenoxy) is 2. The first-order valence-corrected chi connectivity index (χ1v) is 7.19. The number of fused-ring (bicyclic) bond motifs is 2. The second kappa shape index (κ2) is 4.12. The van der Waals surface area contributed by atoms with E-state index in [-0.39, 0.29) is 18.2 Å². The average molecular weight is 262 g/mol. The van der Waals surface area contributed by atoms with Crippen LogP contribution >= 0.6 is 0 Å². The summed E-state index contributed by atoms with van der Waals surface area (Å²) < 4.78 is 11.5. The first-order valence-electron chi connectivity index (χ1n) is 7.19. The molecule has 4 atom stereocenters. The summed E-state index contributed by atoms with van der Waals surface area (Å²) in [7, 11) is 0. The summed E-state index contributed by atoms with van der Waals surface area (Å²) in [5.41, 5.74) is 0.961. The van der Waals surface area contributed by atoms with Crippen LogP contribution in [0.2, 0.25) is 0 Å². The zero-order valence-corrected chi connectivity index (χ0v) is 12.1. The molecule has 1 heterocycles. The van der Waals surface area contributed by atoms with Gasteiger partial charge in [-0.15, -0.1) is 0 Å². The fourth-order valence-electron chi connectivity index (χ4n) is 3.48. The van der Waals surface area contributed by atoms with Gasteiger partial charge in [0.05, 0.1) is 11.7 Å². The maximum absolute atomic E-state index is 12.1. The van der Waals surface area contributed by atoms with Crippen molar-refractivity contribution in [1.82, 2.24) is 0 Å². The number of carbonyl (C=O) groups is 1. The second-order valence-corrected chi connectivity index (χ2v) is 6.72. The van der Waals surface area contributed by atoms with E-state index in [0.29, 0.717) is 22.8 Å². The van der Waals surface area contributed by atoms with Crippen LogP contribution in [-0.2, 0) is 14.3 Å². The predicted molar refractivity (Wildman–Crippen MR) is 72.3 cm³/mol. The number of cyclic esters (lactones) is 1. The van der Waals surface area contributed by atoms with E-state index >= 15 is 0 Å². The number of allylic oxidation sites excluding steroid dienone is 2. The van der Waals surface area contributed by atoms with Crippen molar-refractivity contribution in [3.05, 3.63) is 23.5 Å². The molecule has 0 amide bonds. The molecule has 0 aromatic carbocycles. The van der Waals surface area contributed by atoms with Gasteiger partial charge in [-0.1, -0.05) is 19.9 Å². The molecule has 0 N–H and O–H groups in total. The van der Waals surface area contributed by atoms with Gasteiger partial charge in [0.2, 0.25) is 0 Å². The van der Waals surface area contributed by atoms with Gasteiger partial charge in [0.15, 0.2) is 0 Å². The van der Waals surface area contributed by atoms with Crippen molar-refractivity contribution >= 4 is 5.97 Å². The van der Waals surface area contributed by atoms with Gasteiger partial charge in [-0.05, 0) is 43.6 Å². The third-order valence-electron chi connectivity index (χ3n) is 4.83. The number of carbonyl (C=O) groups excluding carboxylic acids is 1. The molecular formula is C16H22O3. The Morgan fingerprint density at radius 2 is 1.89 bits per heavy atom. The molecule has 3 nitrogen and oxygen atoms in total. The van der Waals surface area contributed by atoms with Gasteiger partial charge in [-0.25, -0.2) is 4.79 Å². The van der Waals surface area contributed by atoms with Crippen LogP contribution in [0.25, 0.3) is 0 Å². The van der Waals surface area contributed by atoms with Crippen LogP contribution < -0.4 is 0 Å². The molecule has 0 bridgehead atoms. The molecule has 1 saturated heterocycles. The highest BCUT2D eigenvalue weighted by Crippen LogP contribution is 2.62. The molecule has 0 aromatic heterocycles. The number of hydrogen-bond acceptors (Lipinski definition) is 3. The summed E-state index contributed by atoms with van der Waals surface area (Å²) in [5.74, 6) is 1.66. The van der Waals surface area contributed by atoms with Crippen molar-refractivity contribution < 1.29 is 14.3 Å². The molecule has 2 aliphatic carbocycles. The van der Waals surface area contributed by atoms with E-state index < -0.39 is 0 Å². The lowest BCUT2D eigenvalue weighted by Gasteiger charge is -2.26. The minimum atomic E-state index is -0.232. The van der Waals surface area contributed by atoms with Gasteiger partial charge >= 0.3 is 5.97 Å². The van der Waals surface area contributed by atoms with E-state index in [9.17, 15) is 4.79 Å². The normalized spacial score (nSPS) is 40.1. The summed E-state index contributed by atoms with van der Waals surface area (Å²) in [4.78, 5) is 12.1. The summed E-state index contributed by atoms with van der Waals surface area (Å²) in [5, 5.41) is 0. The fraction of sp³-hybridized carbons (Fsp3) is 0.688. The van der Waals surface area contributed by atoms with E-state index in [0.717, 1.165) is 18.6 Å². The number of esters is 1. The molecule has 19 heavy (non-hydrogen) atoms. The van der Waals surface area contributed by atoms with Crippen molar-refractivity contribution in [2.24, 2.45) is 17.3 Å². The highest BCUT2D eigenvalue weighted by atomic mass is 16.6. The zero-order valence-electron chi connectivity index (χ0n) is 12.1. The van der Waals surface area contributed by atoms with Gasteiger partial charge in [0.25, 0.3) is 0 Å². The third-order valence-corrected chi connectivity index (χ3v) is 4.83. The predicted octanol–water partition coefficient (Wildman–Crippen LogP) is 3.21. The Morgan fingerprint density at radius 3 is 2.63 bits per heavy atom. The Hall–Kier alpha value is -1.25. The smallest absolute Gasteiger partial charge is 0.341 e. The highest BCUT2D eigenvalue weighted by Gasteiger charge is 2.56. The quantitative estimate of drug-likeness (QED) is 0.629. The molecule has 0 radical (unpaired) electrons. The maximum atomic E-state index is 12.1. The lowest BCUT2D eigenvalue weighted by molar-refractivity contribution is -0.146. The van der Waals surface area contributed by atoms with Crippen LogP contribution in [-0.4, -0.2) is 18.2 Å². The lowest BCUT2D eigenvalue weighted by atomic mass is 10.0. The van der Waals surface area contributed by atoms with Crippen molar-refractivity contribution in [3.8, 4) is 0 Å². The Kier molecular flexibility index (Phi) is 2.77. The maximum Gasteiger partial charge on any atom is 0.341 e. The zero-order chi connectivity index (χ0) is 13.8. The van der Waals surface area contributed by atoms with Crippen molar-refractivity contribution in [2.75, 3.05) is 0 Å². The highest BCUT2D eigenvalue weighted by molar-refractivity contribution is 5.93. The Labute approximate surface area is 114 Å². The Morgan fingerprint density at radius 1 is 1.21 bits per heavy atom. The molecule has 104 valence electrons. The van der Waals surface area contributed by atoms with Crippen LogP contribution in [0.1, 0.15) is 40.5 Å². The van der Waals surface area contributed by atoms with Crippen LogP contribution in [0.3, 0.4) is 0 Å². The van der Waals surface area contributed by atoms with Crippen LogP contribution in [0.5, 0.6) is 0 Å². The van der Waals surface area contributed by atoms with Gasteiger partial charge in [0, 0.05) is 6.42 Å². The summed E-state index contributed by atoms with van der Waals surface area (Å²) in [6, 6.07) is 0. The standard InChI is InChI=1S/C16H22O3/c1-9-7-10(2)19-15(17)11-5-6-12-13(16(12,3)4)8-14(11)18-9/h5,8-10,12-13H,6-7H2,1-4H3/t9-,10-,12+,13-/m1/s1. The van der Waals surface area contributed by atoms with Crippen molar-refractivity contribution in [3.63, 3.8) is 0 Å². The average Bonchev–Trinajstić information content (AvgIpc) is 2.85. The molecular weight excluding hydrogens is 240 g/mol. The summed E-state index contributed by atoms with van der Waals surface area (Å²) in [6.45, 7) is 8.52. The number of hydrogen-bond donors (Lipinski definition) is 0. The van der Waals surface area contributed by atoms with E-state index in [1.165, 1.54) is 0 Å². The minimum absolute atomic E-state index is 0.0798. The molecule has 3 aliphatic rings. The second-order valence-electron chi connectivity index (χ2n) is 6.72. The molecule has 3 rings (SSSR count). The van der Waals surface area contributed by atoms with E-state index in [4.69, 9.17) is 9.47 Å². The lowest BCUT2D eigenvalue weighted by Crippen LogP contribution is -2.27. The molecule has 2 fully saturated rings. The monoisotopic (exact) mass is 262 g/mol. The van der Waals surface area contributed by atoms with Gasteiger partial charge in [0.1, 0.15) is 11.9 Å². The van der Waals surface area contributed by atoms with Crippen LogP contribution in [0, 0.1) is 17.3 Å². The molecule has 0 spiro atoms. The summed E-state index contributed by atoms with van der Waals surface area (Å²) >= 11 is 0. The van der Waals surface area contributed by atoms with Gasteiger partial charge < -0.3 is 9.47 Å². The Balaban J connectivity index is 1.93. The first kappa shape index (κ1) is 12.8. The van der Waals surface area contributed by atoms with Crippen molar-refractivity contribution in [1.29, 1.82) is 0 Å². The third kappa shape index (κ3) is 2.09. The van der Waals surface area contributed by atoms with Gasteiger partial charge in [-0.2, -0.15) is 0 Å². The van der Waals surface area contributed by atoms with Crippen LogP contribution in [0.15, 0.2) is 23.5 Å². The molecule has 0 aromatic rings. The van der Waals surface area contributed by atoms with Crippen molar-refractivity contribution in [2.45, 2.75) is 52.7 Å². The fourth-order valence-corrected chi connectivity index (χ4v) is 3.48. The summed E-state index contributed by atoms with van der Waals surface area (Å²) in [6.07, 6.45) is 5.84. The largest absolute Gasteiger partial charge is 0.490 e. The molecule has 0 unspecified atom stereocenters. The Bertz CT molecular complexity index is 472. The molecule has 1 saturated carbocycles. The molecule has 3 heteroatoms. The van der Waals surface area contributed by atoms with E-state index in [1.807, 2.05) is 19.9 Å². The van der Waals surface area contributed by atoms with E-state index in [1.54, 1.807) is 0 Å². The first-order chi connectivity index (χ1) is 8.89. The van der Waals surface area contributed by atoms with Crippen LogP contribution in [0.4, 0.5) is 0 Å². The van der Waals surface area contributed by atoms with E-state index in [2.05, 4.69) is 19.9 Å². The minimum Gasteiger partial charge on any atom is -0.490 e. The SMILES string of the molecule is C[C@@H]1C[C@@H](C)OC2=C[C@@H]3[C@H](CC=C2C(=O)O1)C3(C)C.